The number of rotatable bonds is 1. The number of alkyl halides is 1. The van der Waals surface area contributed by atoms with Crippen molar-refractivity contribution in [1.82, 2.24) is 10.3 Å². The SMILES string of the molecule is Cc1ccc2nc([C@@H]3CNC[C@H]3F)cc(N)c2c1. The summed E-state index contributed by atoms with van der Waals surface area (Å²) < 4.78 is 13.7. The number of anilines is 1. The molecule has 0 saturated carbocycles. The molecule has 18 heavy (non-hydrogen) atoms. The van der Waals surface area contributed by atoms with Crippen molar-refractivity contribution in [3.05, 3.63) is 35.5 Å². The highest BCUT2D eigenvalue weighted by Crippen LogP contribution is 2.29. The van der Waals surface area contributed by atoms with Gasteiger partial charge in [-0.3, -0.25) is 4.98 Å². The van der Waals surface area contributed by atoms with Crippen LogP contribution in [0.2, 0.25) is 0 Å². The lowest BCUT2D eigenvalue weighted by atomic mass is 10.00. The van der Waals surface area contributed by atoms with E-state index in [4.69, 9.17) is 5.73 Å². The largest absolute Gasteiger partial charge is 0.398 e. The third kappa shape index (κ3) is 1.82. The van der Waals surface area contributed by atoms with E-state index in [1.54, 1.807) is 0 Å². The number of fused-ring (bicyclic) bond motifs is 1. The number of nitrogen functional groups attached to an aromatic ring is 1. The van der Waals surface area contributed by atoms with Gasteiger partial charge in [0.2, 0.25) is 0 Å². The molecular formula is C14H16FN3. The topological polar surface area (TPSA) is 50.9 Å². The molecule has 1 aromatic carbocycles. The minimum Gasteiger partial charge on any atom is -0.398 e. The Morgan fingerprint density at radius 1 is 1.33 bits per heavy atom. The van der Waals surface area contributed by atoms with E-state index in [0.29, 0.717) is 18.8 Å². The monoisotopic (exact) mass is 245 g/mol. The summed E-state index contributed by atoms with van der Waals surface area (Å²) in [6.45, 7) is 3.05. The Bertz CT molecular complexity index is 597. The van der Waals surface area contributed by atoms with E-state index in [2.05, 4.69) is 10.3 Å². The molecule has 2 heterocycles. The first-order valence-electron chi connectivity index (χ1n) is 6.17. The molecule has 2 atom stereocenters. The number of pyridine rings is 1. The Labute approximate surface area is 105 Å². The summed E-state index contributed by atoms with van der Waals surface area (Å²) in [6.07, 6.45) is -0.875. The van der Waals surface area contributed by atoms with E-state index < -0.39 is 6.17 Å². The van der Waals surface area contributed by atoms with Gasteiger partial charge in [0.1, 0.15) is 6.17 Å². The average Bonchev–Trinajstić information content (AvgIpc) is 2.76. The molecule has 1 aliphatic rings. The van der Waals surface area contributed by atoms with E-state index in [0.717, 1.165) is 22.2 Å². The highest BCUT2D eigenvalue weighted by Gasteiger charge is 2.29. The van der Waals surface area contributed by atoms with Crippen LogP contribution in [0, 0.1) is 6.92 Å². The van der Waals surface area contributed by atoms with Crippen molar-refractivity contribution >= 4 is 16.6 Å². The Morgan fingerprint density at radius 2 is 2.17 bits per heavy atom. The number of hydrogen-bond donors (Lipinski definition) is 2. The lowest BCUT2D eigenvalue weighted by Crippen LogP contribution is -2.13. The van der Waals surface area contributed by atoms with Crippen LogP contribution in [-0.2, 0) is 0 Å². The van der Waals surface area contributed by atoms with Crippen LogP contribution in [-0.4, -0.2) is 24.2 Å². The number of nitrogens with two attached hydrogens (primary N) is 1. The van der Waals surface area contributed by atoms with E-state index in [1.165, 1.54) is 0 Å². The van der Waals surface area contributed by atoms with Crippen molar-refractivity contribution in [2.24, 2.45) is 0 Å². The molecule has 0 aliphatic carbocycles. The standard InChI is InChI=1S/C14H16FN3/c1-8-2-3-13-9(4-8)12(16)5-14(18-13)10-6-17-7-11(10)15/h2-5,10-11,17H,6-7H2,1H3,(H2,16,18)/t10-,11-/m1/s1. The molecule has 1 fully saturated rings. The smallest absolute Gasteiger partial charge is 0.122 e. The molecule has 0 radical (unpaired) electrons. The van der Waals surface area contributed by atoms with Crippen molar-refractivity contribution in [3.8, 4) is 0 Å². The minimum absolute atomic E-state index is 0.182. The van der Waals surface area contributed by atoms with Crippen LogP contribution in [0.25, 0.3) is 10.9 Å². The van der Waals surface area contributed by atoms with E-state index in [-0.39, 0.29) is 5.92 Å². The molecule has 0 unspecified atom stereocenters. The molecule has 94 valence electrons. The molecule has 0 bridgehead atoms. The number of halogens is 1. The molecule has 3 N–H and O–H groups in total. The average molecular weight is 245 g/mol. The van der Waals surface area contributed by atoms with Gasteiger partial charge in [0.05, 0.1) is 11.2 Å². The van der Waals surface area contributed by atoms with Gasteiger partial charge in [0, 0.05) is 30.1 Å². The van der Waals surface area contributed by atoms with Crippen molar-refractivity contribution in [1.29, 1.82) is 0 Å². The number of nitrogens with one attached hydrogen (secondary N) is 1. The maximum absolute atomic E-state index is 13.7. The predicted molar refractivity (Wildman–Crippen MR) is 71.4 cm³/mol. The second-order valence-corrected chi connectivity index (χ2v) is 4.94. The third-order valence-corrected chi connectivity index (χ3v) is 3.54. The van der Waals surface area contributed by atoms with Gasteiger partial charge >= 0.3 is 0 Å². The van der Waals surface area contributed by atoms with Crippen LogP contribution in [0.1, 0.15) is 17.2 Å². The number of nitrogens with zero attached hydrogens (tertiary/aromatic N) is 1. The van der Waals surface area contributed by atoms with Gasteiger partial charge in [0.15, 0.2) is 0 Å². The molecule has 1 saturated heterocycles. The summed E-state index contributed by atoms with van der Waals surface area (Å²) in [5, 5.41) is 3.99. The summed E-state index contributed by atoms with van der Waals surface area (Å²) in [5.74, 6) is -0.182. The van der Waals surface area contributed by atoms with Crippen molar-refractivity contribution < 1.29 is 4.39 Å². The zero-order valence-corrected chi connectivity index (χ0v) is 10.3. The molecular weight excluding hydrogens is 229 g/mol. The fourth-order valence-electron chi connectivity index (χ4n) is 2.51. The van der Waals surface area contributed by atoms with Gasteiger partial charge < -0.3 is 11.1 Å². The Morgan fingerprint density at radius 3 is 2.89 bits per heavy atom. The number of benzene rings is 1. The summed E-state index contributed by atoms with van der Waals surface area (Å²) in [5.41, 5.74) is 9.48. The Kier molecular flexibility index (Phi) is 2.67. The van der Waals surface area contributed by atoms with Gasteiger partial charge in [-0.1, -0.05) is 11.6 Å². The lowest BCUT2D eigenvalue weighted by molar-refractivity contribution is 0.329. The third-order valence-electron chi connectivity index (χ3n) is 3.54. The first kappa shape index (κ1) is 11.4. The maximum Gasteiger partial charge on any atom is 0.122 e. The van der Waals surface area contributed by atoms with Gasteiger partial charge in [-0.15, -0.1) is 0 Å². The van der Waals surface area contributed by atoms with Crippen molar-refractivity contribution in [2.75, 3.05) is 18.8 Å². The zero-order chi connectivity index (χ0) is 12.7. The number of hydrogen-bond acceptors (Lipinski definition) is 3. The van der Waals surface area contributed by atoms with Gasteiger partial charge in [-0.25, -0.2) is 4.39 Å². The van der Waals surface area contributed by atoms with Crippen LogP contribution >= 0.6 is 0 Å². The van der Waals surface area contributed by atoms with Gasteiger partial charge in [0.25, 0.3) is 0 Å². The molecule has 4 heteroatoms. The fraction of sp³-hybridized carbons (Fsp3) is 0.357. The highest BCUT2D eigenvalue weighted by molar-refractivity contribution is 5.90. The van der Waals surface area contributed by atoms with Crippen LogP contribution in [0.15, 0.2) is 24.3 Å². The van der Waals surface area contributed by atoms with E-state index in [9.17, 15) is 4.39 Å². The second kappa shape index (κ2) is 4.21. The zero-order valence-electron chi connectivity index (χ0n) is 10.3. The predicted octanol–water partition coefficient (Wildman–Crippen LogP) is 2.15. The molecule has 1 aliphatic heterocycles. The lowest BCUT2D eigenvalue weighted by Gasteiger charge is -2.13. The highest BCUT2D eigenvalue weighted by atomic mass is 19.1. The molecule has 1 aromatic heterocycles. The normalized spacial score (nSPS) is 23.7. The minimum atomic E-state index is -0.875. The van der Waals surface area contributed by atoms with Gasteiger partial charge in [-0.05, 0) is 25.1 Å². The number of aromatic nitrogens is 1. The van der Waals surface area contributed by atoms with Crippen LogP contribution in [0.5, 0.6) is 0 Å². The van der Waals surface area contributed by atoms with Gasteiger partial charge in [-0.2, -0.15) is 0 Å². The molecule has 3 rings (SSSR count). The van der Waals surface area contributed by atoms with Crippen LogP contribution < -0.4 is 11.1 Å². The quantitative estimate of drug-likeness (QED) is 0.809. The molecule has 0 amide bonds. The summed E-state index contributed by atoms with van der Waals surface area (Å²) >= 11 is 0. The number of aryl methyl sites for hydroxylation is 1. The summed E-state index contributed by atoms with van der Waals surface area (Å²) in [6, 6.07) is 7.77. The Balaban J connectivity index is 2.12. The van der Waals surface area contributed by atoms with Crippen LogP contribution in [0.4, 0.5) is 10.1 Å². The van der Waals surface area contributed by atoms with Crippen molar-refractivity contribution in [2.45, 2.75) is 19.0 Å². The maximum atomic E-state index is 13.7. The summed E-state index contributed by atoms with van der Waals surface area (Å²) in [4.78, 5) is 4.55. The molecule has 0 spiro atoms. The fourth-order valence-corrected chi connectivity index (χ4v) is 2.51. The summed E-state index contributed by atoms with van der Waals surface area (Å²) in [7, 11) is 0. The first-order valence-corrected chi connectivity index (χ1v) is 6.17. The second-order valence-electron chi connectivity index (χ2n) is 4.94. The molecule has 2 aromatic rings. The Hall–Kier alpha value is -1.68. The first-order chi connectivity index (χ1) is 8.65. The van der Waals surface area contributed by atoms with E-state index >= 15 is 0 Å². The van der Waals surface area contributed by atoms with E-state index in [1.807, 2.05) is 31.2 Å². The van der Waals surface area contributed by atoms with Crippen LogP contribution in [0.3, 0.4) is 0 Å². The van der Waals surface area contributed by atoms with Crippen molar-refractivity contribution in [3.63, 3.8) is 0 Å². The molecule has 3 nitrogen and oxygen atoms in total.